The molecule has 3 heteroatoms. The fourth-order valence-electron chi connectivity index (χ4n) is 2.43. The molecule has 3 aromatic carbocycles. The van der Waals surface area contributed by atoms with E-state index in [1.54, 1.807) is 19.4 Å². The van der Waals surface area contributed by atoms with Gasteiger partial charge in [0.1, 0.15) is 5.75 Å². The Hall–Kier alpha value is -3.07. The largest absolute Gasteiger partial charge is 0.497 e. The van der Waals surface area contributed by atoms with Gasteiger partial charge in [-0.2, -0.15) is 0 Å². The predicted octanol–water partition coefficient (Wildman–Crippen LogP) is 4.66. The quantitative estimate of drug-likeness (QED) is 0.550. The van der Waals surface area contributed by atoms with Crippen LogP contribution in [-0.2, 0) is 0 Å². The zero-order chi connectivity index (χ0) is 16.1. The number of ether oxygens (including phenoxy) is 1. The van der Waals surface area contributed by atoms with Gasteiger partial charge in [-0.05, 0) is 35.0 Å². The number of methoxy groups -OCH3 is 1. The molecule has 3 nitrogen and oxygen atoms in total. The normalized spacial score (nSPS) is 10.8. The molecule has 0 aromatic heterocycles. The molecular weight excluding hydrogens is 286 g/mol. The highest BCUT2D eigenvalue weighted by Crippen LogP contribution is 2.19. The van der Waals surface area contributed by atoms with Crippen molar-refractivity contribution in [1.82, 2.24) is 0 Å². The number of carbonyl (C=O) groups excluding carboxylic acids is 1. The van der Waals surface area contributed by atoms with Crippen LogP contribution in [0.25, 0.3) is 10.8 Å². The molecule has 0 unspecified atom stereocenters. The Morgan fingerprint density at radius 2 is 1.70 bits per heavy atom. The molecule has 23 heavy (non-hydrogen) atoms. The zero-order valence-electron chi connectivity index (χ0n) is 12.8. The van der Waals surface area contributed by atoms with Crippen LogP contribution < -0.4 is 10.1 Å². The Bertz CT molecular complexity index is 846. The molecule has 114 valence electrons. The lowest BCUT2D eigenvalue weighted by atomic mass is 10.0. The Morgan fingerprint density at radius 3 is 2.48 bits per heavy atom. The van der Waals surface area contributed by atoms with Gasteiger partial charge >= 0.3 is 0 Å². The zero-order valence-corrected chi connectivity index (χ0v) is 12.8. The standard InChI is InChI=1S/C20H17NO2/c1-23-17-11-9-16(10-12-17)21-14-13-20(22)19-8-4-6-15-5-2-3-7-18(15)19/h2-14,21H,1H3/b14-13+. The average Bonchev–Trinajstić information content (AvgIpc) is 2.61. The van der Waals surface area contributed by atoms with E-state index >= 15 is 0 Å². The van der Waals surface area contributed by atoms with Crippen LogP contribution in [0.2, 0.25) is 0 Å². The van der Waals surface area contributed by atoms with E-state index in [1.807, 2.05) is 66.7 Å². The van der Waals surface area contributed by atoms with Gasteiger partial charge < -0.3 is 10.1 Å². The molecule has 0 saturated heterocycles. The van der Waals surface area contributed by atoms with E-state index in [4.69, 9.17) is 4.74 Å². The molecule has 0 fully saturated rings. The molecule has 0 saturated carbocycles. The third-order valence-electron chi connectivity index (χ3n) is 3.63. The first-order valence-electron chi connectivity index (χ1n) is 7.37. The smallest absolute Gasteiger partial charge is 0.187 e. The lowest BCUT2D eigenvalue weighted by Gasteiger charge is -2.04. The van der Waals surface area contributed by atoms with E-state index < -0.39 is 0 Å². The maximum absolute atomic E-state index is 12.4. The molecule has 0 bridgehead atoms. The van der Waals surface area contributed by atoms with Crippen LogP contribution in [0.5, 0.6) is 5.75 Å². The van der Waals surface area contributed by atoms with Gasteiger partial charge in [0.05, 0.1) is 7.11 Å². The van der Waals surface area contributed by atoms with Crippen LogP contribution in [0.15, 0.2) is 79.0 Å². The van der Waals surface area contributed by atoms with Crippen LogP contribution in [0.1, 0.15) is 10.4 Å². The number of ketones is 1. The second kappa shape index (κ2) is 6.79. The van der Waals surface area contributed by atoms with Crippen LogP contribution >= 0.6 is 0 Å². The lowest BCUT2D eigenvalue weighted by molar-refractivity contribution is 0.104. The third kappa shape index (κ3) is 3.40. The first-order valence-corrected chi connectivity index (χ1v) is 7.37. The molecule has 0 atom stereocenters. The summed E-state index contributed by atoms with van der Waals surface area (Å²) in [6, 6.07) is 21.2. The molecule has 3 aromatic rings. The molecule has 0 spiro atoms. The molecule has 0 amide bonds. The second-order valence-corrected chi connectivity index (χ2v) is 5.10. The number of carbonyl (C=O) groups is 1. The van der Waals surface area contributed by atoms with Gasteiger partial charge in [0, 0.05) is 23.5 Å². The number of allylic oxidation sites excluding steroid dienone is 1. The predicted molar refractivity (Wildman–Crippen MR) is 94.0 cm³/mol. The highest BCUT2D eigenvalue weighted by atomic mass is 16.5. The minimum atomic E-state index is -0.0252. The van der Waals surface area contributed by atoms with E-state index in [1.165, 1.54) is 0 Å². The summed E-state index contributed by atoms with van der Waals surface area (Å²) in [5, 5.41) is 5.12. The topological polar surface area (TPSA) is 38.3 Å². The van der Waals surface area contributed by atoms with Crippen LogP contribution in [0.4, 0.5) is 5.69 Å². The fraction of sp³-hybridized carbons (Fsp3) is 0.0500. The maximum atomic E-state index is 12.4. The van der Waals surface area contributed by atoms with Gasteiger partial charge in [-0.1, -0.05) is 42.5 Å². The van der Waals surface area contributed by atoms with Crippen molar-refractivity contribution >= 4 is 22.2 Å². The summed E-state index contributed by atoms with van der Waals surface area (Å²) >= 11 is 0. The fourth-order valence-corrected chi connectivity index (χ4v) is 2.43. The third-order valence-corrected chi connectivity index (χ3v) is 3.63. The molecule has 0 aliphatic carbocycles. The number of hydrogen-bond donors (Lipinski definition) is 1. The van der Waals surface area contributed by atoms with Crippen molar-refractivity contribution in [2.45, 2.75) is 0 Å². The number of rotatable bonds is 5. The molecule has 0 aliphatic rings. The Balaban J connectivity index is 1.75. The van der Waals surface area contributed by atoms with Gasteiger partial charge in [-0.15, -0.1) is 0 Å². The molecular formula is C20H17NO2. The Morgan fingerprint density at radius 1 is 0.957 bits per heavy atom. The summed E-state index contributed by atoms with van der Waals surface area (Å²) in [6.45, 7) is 0. The number of anilines is 1. The SMILES string of the molecule is COc1ccc(N/C=C/C(=O)c2cccc3ccccc23)cc1. The average molecular weight is 303 g/mol. The summed E-state index contributed by atoms with van der Waals surface area (Å²) in [4.78, 5) is 12.4. The number of nitrogens with one attached hydrogen (secondary N) is 1. The van der Waals surface area contributed by atoms with Gasteiger partial charge in [0.2, 0.25) is 0 Å². The first-order chi connectivity index (χ1) is 11.3. The Labute approximate surface area is 135 Å². The molecule has 0 radical (unpaired) electrons. The first kappa shape index (κ1) is 14.9. The molecule has 3 rings (SSSR count). The van der Waals surface area contributed by atoms with Crippen molar-refractivity contribution in [3.63, 3.8) is 0 Å². The lowest BCUT2D eigenvalue weighted by Crippen LogP contribution is -1.97. The van der Waals surface area contributed by atoms with Gasteiger partial charge in [0.25, 0.3) is 0 Å². The van der Waals surface area contributed by atoms with E-state index in [9.17, 15) is 4.79 Å². The highest BCUT2D eigenvalue weighted by molar-refractivity contribution is 6.13. The second-order valence-electron chi connectivity index (χ2n) is 5.10. The van der Waals surface area contributed by atoms with Crippen molar-refractivity contribution in [1.29, 1.82) is 0 Å². The van der Waals surface area contributed by atoms with Gasteiger partial charge in [0.15, 0.2) is 5.78 Å². The number of hydrogen-bond acceptors (Lipinski definition) is 3. The van der Waals surface area contributed by atoms with Crippen molar-refractivity contribution in [3.8, 4) is 5.75 Å². The minimum Gasteiger partial charge on any atom is -0.497 e. The van der Waals surface area contributed by atoms with Crippen LogP contribution in [0.3, 0.4) is 0 Å². The van der Waals surface area contributed by atoms with Crippen LogP contribution in [0, 0.1) is 0 Å². The highest BCUT2D eigenvalue weighted by Gasteiger charge is 2.06. The Kier molecular flexibility index (Phi) is 4.39. The van der Waals surface area contributed by atoms with Crippen molar-refractivity contribution in [3.05, 3.63) is 84.6 Å². The molecule has 1 N–H and O–H groups in total. The molecule has 0 aliphatic heterocycles. The molecule has 0 heterocycles. The summed E-state index contributed by atoms with van der Waals surface area (Å²) in [5.74, 6) is 0.772. The summed E-state index contributed by atoms with van der Waals surface area (Å²) in [5.41, 5.74) is 1.60. The number of fused-ring (bicyclic) bond motifs is 1. The monoisotopic (exact) mass is 303 g/mol. The van der Waals surface area contributed by atoms with Crippen molar-refractivity contribution in [2.24, 2.45) is 0 Å². The van der Waals surface area contributed by atoms with Crippen molar-refractivity contribution < 1.29 is 9.53 Å². The van der Waals surface area contributed by atoms with Crippen molar-refractivity contribution in [2.75, 3.05) is 12.4 Å². The van der Waals surface area contributed by atoms with E-state index in [0.29, 0.717) is 5.56 Å². The number of benzene rings is 3. The van der Waals surface area contributed by atoms with Gasteiger partial charge in [-0.25, -0.2) is 0 Å². The maximum Gasteiger partial charge on any atom is 0.187 e. The van der Waals surface area contributed by atoms with Crippen LogP contribution in [-0.4, -0.2) is 12.9 Å². The summed E-state index contributed by atoms with van der Waals surface area (Å²) in [7, 11) is 1.63. The minimum absolute atomic E-state index is 0.0252. The van der Waals surface area contributed by atoms with E-state index in [0.717, 1.165) is 22.2 Å². The van der Waals surface area contributed by atoms with E-state index in [2.05, 4.69) is 5.32 Å². The summed E-state index contributed by atoms with van der Waals surface area (Å²) in [6.07, 6.45) is 3.21. The summed E-state index contributed by atoms with van der Waals surface area (Å²) < 4.78 is 5.11. The van der Waals surface area contributed by atoms with E-state index in [-0.39, 0.29) is 5.78 Å². The van der Waals surface area contributed by atoms with Gasteiger partial charge in [-0.3, -0.25) is 4.79 Å².